The highest BCUT2D eigenvalue weighted by molar-refractivity contribution is 6.53. The fourth-order valence-electron chi connectivity index (χ4n) is 1.09. The summed E-state index contributed by atoms with van der Waals surface area (Å²) < 4.78 is -0.986. The predicted octanol–water partition coefficient (Wildman–Crippen LogP) is 0.432. The van der Waals surface area contributed by atoms with Gasteiger partial charge in [-0.05, 0) is 13.3 Å². The third-order valence-electron chi connectivity index (χ3n) is 2.45. The largest absolute Gasteiger partial charge is 0.358 e. The first kappa shape index (κ1) is 11.6. The van der Waals surface area contributed by atoms with Crippen LogP contribution < -0.4 is 10.6 Å². The minimum atomic E-state index is -0.986. The number of alkyl halides is 2. The molecule has 1 saturated carbocycles. The highest BCUT2D eigenvalue weighted by Crippen LogP contribution is 2.63. The van der Waals surface area contributed by atoms with Crippen LogP contribution in [0.1, 0.15) is 13.3 Å². The molecule has 0 spiro atoms. The van der Waals surface area contributed by atoms with Gasteiger partial charge in [-0.25, -0.2) is 0 Å². The van der Waals surface area contributed by atoms with E-state index in [0.29, 0.717) is 6.42 Å². The Hall–Kier alpha value is -0.480. The zero-order chi connectivity index (χ0) is 11.0. The summed E-state index contributed by atoms with van der Waals surface area (Å²) in [5.74, 6) is -0.538. The van der Waals surface area contributed by atoms with E-state index in [2.05, 4.69) is 10.6 Å². The van der Waals surface area contributed by atoms with Crippen molar-refractivity contribution < 1.29 is 9.59 Å². The average molecular weight is 239 g/mol. The first-order chi connectivity index (χ1) is 6.33. The summed E-state index contributed by atoms with van der Waals surface area (Å²) in [6.45, 7) is 1.63. The van der Waals surface area contributed by atoms with Crippen LogP contribution in [0.4, 0.5) is 0 Å². The van der Waals surface area contributed by atoms with Crippen molar-refractivity contribution in [2.24, 2.45) is 5.41 Å². The van der Waals surface area contributed by atoms with Gasteiger partial charge >= 0.3 is 0 Å². The number of nitrogens with one attached hydrogen (secondary N) is 2. The number of amides is 2. The number of likely N-dealkylation sites (N-methyl/N-ethyl adjacent to an activating group) is 1. The minimum Gasteiger partial charge on any atom is -0.358 e. The van der Waals surface area contributed by atoms with E-state index in [0.717, 1.165) is 0 Å². The van der Waals surface area contributed by atoms with Crippen molar-refractivity contribution in [2.45, 2.75) is 17.7 Å². The highest BCUT2D eigenvalue weighted by atomic mass is 35.5. The van der Waals surface area contributed by atoms with Gasteiger partial charge in [0.25, 0.3) is 0 Å². The molecule has 0 aliphatic heterocycles. The van der Waals surface area contributed by atoms with Gasteiger partial charge in [0.15, 0.2) is 0 Å². The molecule has 80 valence electrons. The number of rotatable bonds is 3. The van der Waals surface area contributed by atoms with Gasteiger partial charge in [-0.2, -0.15) is 0 Å². The van der Waals surface area contributed by atoms with E-state index in [1.807, 2.05) is 0 Å². The maximum absolute atomic E-state index is 11.5. The van der Waals surface area contributed by atoms with Gasteiger partial charge in [0, 0.05) is 7.05 Å². The molecular weight excluding hydrogens is 227 g/mol. The molecule has 0 aromatic rings. The van der Waals surface area contributed by atoms with Gasteiger partial charge in [-0.1, -0.05) is 0 Å². The molecule has 0 radical (unpaired) electrons. The molecule has 1 aliphatic carbocycles. The Labute approximate surface area is 92.3 Å². The van der Waals surface area contributed by atoms with Gasteiger partial charge < -0.3 is 10.6 Å². The average Bonchev–Trinajstić information content (AvgIpc) is 2.62. The van der Waals surface area contributed by atoms with Crippen LogP contribution in [-0.4, -0.2) is 29.7 Å². The van der Waals surface area contributed by atoms with Crippen molar-refractivity contribution in [3.05, 3.63) is 0 Å². The normalized spacial score (nSPS) is 28.0. The van der Waals surface area contributed by atoms with Gasteiger partial charge in [0.05, 0.1) is 12.0 Å². The molecule has 1 aliphatic rings. The molecule has 1 rings (SSSR count). The number of carbonyl (C=O) groups excluding carboxylic acids is 2. The molecule has 0 saturated heterocycles. The second kappa shape index (κ2) is 3.59. The molecule has 6 heteroatoms. The maximum atomic E-state index is 11.5. The van der Waals surface area contributed by atoms with E-state index in [1.165, 1.54) is 7.05 Å². The molecule has 2 N–H and O–H groups in total. The monoisotopic (exact) mass is 238 g/mol. The Bertz CT molecular complexity index is 281. The van der Waals surface area contributed by atoms with E-state index in [4.69, 9.17) is 23.2 Å². The van der Waals surface area contributed by atoms with Gasteiger partial charge in [0.1, 0.15) is 4.33 Å². The summed E-state index contributed by atoms with van der Waals surface area (Å²) in [5, 5.41) is 4.86. The molecule has 0 aromatic heterocycles. The molecule has 0 heterocycles. The SMILES string of the molecule is CNC(=O)CNC(=O)C1(C)CC1(Cl)Cl. The lowest BCUT2D eigenvalue weighted by Gasteiger charge is -2.11. The quantitative estimate of drug-likeness (QED) is 0.702. The molecule has 1 atom stereocenters. The predicted molar refractivity (Wildman–Crippen MR) is 54.2 cm³/mol. The lowest BCUT2D eigenvalue weighted by molar-refractivity contribution is -0.129. The third-order valence-corrected chi connectivity index (χ3v) is 3.55. The zero-order valence-electron chi connectivity index (χ0n) is 7.99. The Morgan fingerprint density at radius 1 is 1.43 bits per heavy atom. The van der Waals surface area contributed by atoms with Crippen molar-refractivity contribution in [1.82, 2.24) is 10.6 Å². The van der Waals surface area contributed by atoms with Crippen LogP contribution in [0, 0.1) is 5.41 Å². The Morgan fingerprint density at radius 3 is 2.29 bits per heavy atom. The Kier molecular flexibility index (Phi) is 2.97. The van der Waals surface area contributed by atoms with Crippen molar-refractivity contribution >= 4 is 35.0 Å². The minimum absolute atomic E-state index is 0.0468. The molecule has 14 heavy (non-hydrogen) atoms. The summed E-state index contributed by atoms with van der Waals surface area (Å²) in [7, 11) is 1.50. The van der Waals surface area contributed by atoms with Gasteiger partial charge in [0.2, 0.25) is 11.8 Å². The van der Waals surface area contributed by atoms with E-state index in [9.17, 15) is 9.59 Å². The van der Waals surface area contributed by atoms with Crippen LogP contribution in [-0.2, 0) is 9.59 Å². The van der Waals surface area contributed by atoms with E-state index in [1.54, 1.807) is 6.92 Å². The lowest BCUT2D eigenvalue weighted by atomic mass is 10.1. The molecule has 0 aromatic carbocycles. The summed E-state index contributed by atoms with van der Waals surface area (Å²) >= 11 is 11.6. The Balaban J connectivity index is 2.42. The summed E-state index contributed by atoms with van der Waals surface area (Å²) in [6.07, 6.45) is 0.419. The second-order valence-corrected chi connectivity index (χ2v) is 5.05. The number of carbonyl (C=O) groups is 2. The van der Waals surface area contributed by atoms with Crippen LogP contribution in [0.3, 0.4) is 0 Å². The third kappa shape index (κ3) is 1.96. The number of hydrogen-bond acceptors (Lipinski definition) is 2. The molecule has 1 unspecified atom stereocenters. The first-order valence-electron chi connectivity index (χ1n) is 4.20. The summed E-state index contributed by atoms with van der Waals surface area (Å²) in [6, 6.07) is 0. The second-order valence-electron chi connectivity index (χ2n) is 3.57. The highest BCUT2D eigenvalue weighted by Gasteiger charge is 2.67. The van der Waals surface area contributed by atoms with Crippen molar-refractivity contribution in [2.75, 3.05) is 13.6 Å². The molecular formula is C8H12Cl2N2O2. The van der Waals surface area contributed by atoms with Crippen LogP contribution in [0.15, 0.2) is 0 Å². The molecule has 1 fully saturated rings. The fourth-order valence-corrected chi connectivity index (χ4v) is 1.80. The molecule has 4 nitrogen and oxygen atoms in total. The summed E-state index contributed by atoms with van der Waals surface area (Å²) in [5.41, 5.74) is -0.760. The Morgan fingerprint density at radius 2 is 1.93 bits per heavy atom. The van der Waals surface area contributed by atoms with Crippen LogP contribution in [0.5, 0.6) is 0 Å². The maximum Gasteiger partial charge on any atom is 0.239 e. The van der Waals surface area contributed by atoms with E-state index >= 15 is 0 Å². The zero-order valence-corrected chi connectivity index (χ0v) is 9.50. The van der Waals surface area contributed by atoms with Crippen LogP contribution in [0.25, 0.3) is 0 Å². The smallest absolute Gasteiger partial charge is 0.239 e. The standard InChI is InChI=1S/C8H12Cl2N2O2/c1-7(4-8(7,9)10)6(14)12-3-5(13)11-2/h3-4H2,1-2H3,(H,11,13)(H,12,14). The van der Waals surface area contributed by atoms with Crippen molar-refractivity contribution in [3.8, 4) is 0 Å². The van der Waals surface area contributed by atoms with Crippen LogP contribution >= 0.6 is 23.2 Å². The van der Waals surface area contributed by atoms with Crippen molar-refractivity contribution in [1.29, 1.82) is 0 Å². The number of halogens is 2. The summed E-state index contributed by atoms with van der Waals surface area (Å²) in [4.78, 5) is 22.3. The van der Waals surface area contributed by atoms with Crippen molar-refractivity contribution in [3.63, 3.8) is 0 Å². The number of hydrogen-bond donors (Lipinski definition) is 2. The topological polar surface area (TPSA) is 58.2 Å². The fraction of sp³-hybridized carbons (Fsp3) is 0.750. The van der Waals surface area contributed by atoms with Gasteiger partial charge in [-0.15, -0.1) is 23.2 Å². The molecule has 0 bridgehead atoms. The first-order valence-corrected chi connectivity index (χ1v) is 4.96. The lowest BCUT2D eigenvalue weighted by Crippen LogP contribution is -2.39. The molecule has 2 amide bonds. The van der Waals surface area contributed by atoms with E-state index in [-0.39, 0.29) is 18.4 Å². The van der Waals surface area contributed by atoms with Crippen LogP contribution in [0.2, 0.25) is 0 Å². The van der Waals surface area contributed by atoms with E-state index < -0.39 is 9.75 Å². The van der Waals surface area contributed by atoms with Gasteiger partial charge in [-0.3, -0.25) is 9.59 Å².